The van der Waals surface area contributed by atoms with E-state index in [1.54, 1.807) is 0 Å². The van der Waals surface area contributed by atoms with Gasteiger partial charge in [-0.15, -0.1) is 0 Å². The van der Waals surface area contributed by atoms with Crippen LogP contribution in [0.25, 0.3) is 0 Å². The summed E-state index contributed by atoms with van der Waals surface area (Å²) in [6, 6.07) is 2.15. The molecule has 2 aliphatic carbocycles. The van der Waals surface area contributed by atoms with Crippen molar-refractivity contribution < 1.29 is 22.3 Å². The van der Waals surface area contributed by atoms with Gasteiger partial charge in [0.15, 0.2) is 0 Å². The number of nitrogens with one attached hydrogen (secondary N) is 1. The maximum Gasteiger partial charge on any atom is 0.267 e. The summed E-state index contributed by atoms with van der Waals surface area (Å²) in [5.41, 5.74) is -0.405. The molecule has 0 atom stereocenters. The number of carbonyl (C=O) groups excluding carboxylic acids is 1. The van der Waals surface area contributed by atoms with Crippen molar-refractivity contribution in [2.24, 2.45) is 5.92 Å². The van der Waals surface area contributed by atoms with Gasteiger partial charge in [-0.1, -0.05) is 24.4 Å². The van der Waals surface area contributed by atoms with Crippen molar-refractivity contribution in [2.75, 3.05) is 6.61 Å². The first-order chi connectivity index (χ1) is 11.4. The molecule has 2 saturated carbocycles. The second-order valence-electron chi connectivity index (χ2n) is 6.40. The van der Waals surface area contributed by atoms with E-state index in [4.69, 9.17) is 16.3 Å². The van der Waals surface area contributed by atoms with Crippen molar-refractivity contribution in [2.45, 2.75) is 43.8 Å². The van der Waals surface area contributed by atoms with Gasteiger partial charge in [0, 0.05) is 6.07 Å². The summed E-state index contributed by atoms with van der Waals surface area (Å²) in [4.78, 5) is 12.0. The predicted molar refractivity (Wildman–Crippen MR) is 88.3 cm³/mol. The smallest absolute Gasteiger partial charge is 0.267 e. The molecule has 1 aromatic rings. The first-order valence-corrected chi connectivity index (χ1v) is 9.97. The molecule has 1 aromatic carbocycles. The summed E-state index contributed by atoms with van der Waals surface area (Å²) in [6.45, 7) is 0.459. The van der Waals surface area contributed by atoms with Crippen LogP contribution in [0.4, 0.5) is 4.39 Å². The number of amides is 1. The van der Waals surface area contributed by atoms with Crippen LogP contribution in [0.1, 0.15) is 48.9 Å². The molecule has 1 amide bonds. The highest BCUT2D eigenvalue weighted by Crippen LogP contribution is 2.31. The second kappa shape index (κ2) is 6.88. The fourth-order valence-corrected chi connectivity index (χ4v) is 4.35. The van der Waals surface area contributed by atoms with Crippen LogP contribution >= 0.6 is 11.6 Å². The highest BCUT2D eigenvalue weighted by Gasteiger charge is 2.37. The molecule has 2 aliphatic rings. The van der Waals surface area contributed by atoms with Crippen LogP contribution in [0.2, 0.25) is 5.02 Å². The minimum Gasteiger partial charge on any atom is -0.492 e. The minimum absolute atomic E-state index is 0.0865. The molecule has 0 aliphatic heterocycles. The van der Waals surface area contributed by atoms with Crippen molar-refractivity contribution in [1.29, 1.82) is 0 Å². The summed E-state index contributed by atoms with van der Waals surface area (Å²) in [5, 5.41) is -0.475. The van der Waals surface area contributed by atoms with E-state index in [2.05, 4.69) is 0 Å². The van der Waals surface area contributed by atoms with E-state index in [1.807, 2.05) is 4.72 Å². The van der Waals surface area contributed by atoms with Crippen LogP contribution in [0, 0.1) is 11.7 Å². The summed E-state index contributed by atoms with van der Waals surface area (Å²) in [7, 11) is -3.74. The zero-order valence-corrected chi connectivity index (χ0v) is 14.6. The molecule has 0 heterocycles. The first kappa shape index (κ1) is 17.5. The Hall–Kier alpha value is -1.34. The lowest BCUT2D eigenvalue weighted by molar-refractivity contribution is 0.0977. The molecule has 0 radical (unpaired) electrons. The van der Waals surface area contributed by atoms with Crippen LogP contribution in [-0.2, 0) is 10.0 Å². The molecule has 5 nitrogen and oxygen atoms in total. The van der Waals surface area contributed by atoms with E-state index in [0.717, 1.165) is 25.0 Å². The molecule has 0 aromatic heterocycles. The van der Waals surface area contributed by atoms with Gasteiger partial charge in [-0.3, -0.25) is 4.79 Å². The third kappa shape index (κ3) is 4.00. The van der Waals surface area contributed by atoms with Gasteiger partial charge in [0.25, 0.3) is 5.91 Å². The lowest BCUT2D eigenvalue weighted by atomic mass is 10.1. The first-order valence-electron chi connectivity index (χ1n) is 8.04. The average molecular weight is 376 g/mol. The zero-order valence-electron chi connectivity index (χ0n) is 13.1. The van der Waals surface area contributed by atoms with Gasteiger partial charge in [-0.25, -0.2) is 17.5 Å². The van der Waals surface area contributed by atoms with Crippen molar-refractivity contribution in [3.8, 4) is 5.75 Å². The van der Waals surface area contributed by atoms with E-state index >= 15 is 0 Å². The Morgan fingerprint density at radius 1 is 1.25 bits per heavy atom. The third-order valence-electron chi connectivity index (χ3n) is 4.41. The van der Waals surface area contributed by atoms with Gasteiger partial charge >= 0.3 is 0 Å². The number of sulfonamides is 1. The molecule has 1 N–H and O–H groups in total. The molecule has 0 bridgehead atoms. The lowest BCUT2D eigenvalue weighted by Gasteiger charge is -2.14. The van der Waals surface area contributed by atoms with E-state index in [0.29, 0.717) is 25.4 Å². The molecule has 132 valence electrons. The highest BCUT2D eigenvalue weighted by molar-refractivity contribution is 7.91. The molecular formula is C16H19ClFNO4S. The van der Waals surface area contributed by atoms with E-state index < -0.39 is 32.6 Å². The second-order valence-corrected chi connectivity index (χ2v) is 8.77. The Bertz CT molecular complexity index is 743. The molecule has 3 rings (SSSR count). The number of hydrogen-bond donors (Lipinski definition) is 1. The molecule has 24 heavy (non-hydrogen) atoms. The van der Waals surface area contributed by atoms with Crippen LogP contribution < -0.4 is 9.46 Å². The van der Waals surface area contributed by atoms with Crippen molar-refractivity contribution in [3.63, 3.8) is 0 Å². The summed E-state index contributed by atoms with van der Waals surface area (Å²) in [5.74, 6) is -1.26. The largest absolute Gasteiger partial charge is 0.492 e. The predicted octanol–water partition coefficient (Wildman–Crippen LogP) is 3.27. The van der Waals surface area contributed by atoms with Crippen molar-refractivity contribution in [3.05, 3.63) is 28.5 Å². The molecule has 0 saturated heterocycles. The van der Waals surface area contributed by atoms with Crippen molar-refractivity contribution in [1.82, 2.24) is 4.72 Å². The van der Waals surface area contributed by atoms with Gasteiger partial charge in [-0.2, -0.15) is 0 Å². The fourth-order valence-electron chi connectivity index (χ4n) is 2.84. The maximum absolute atomic E-state index is 14.2. The van der Waals surface area contributed by atoms with Crippen molar-refractivity contribution >= 4 is 27.5 Å². The van der Waals surface area contributed by atoms with Gasteiger partial charge < -0.3 is 4.74 Å². The monoisotopic (exact) mass is 375 g/mol. The average Bonchev–Trinajstić information content (AvgIpc) is 3.26. The Kier molecular flexibility index (Phi) is 5.01. The minimum atomic E-state index is -3.74. The molecule has 0 unspecified atom stereocenters. The SMILES string of the molecule is O=C(NS(=O)(=O)C1CC1)c1cc(Cl)c(OCC2CCCC2)cc1F. The molecular weight excluding hydrogens is 357 g/mol. The zero-order chi connectivity index (χ0) is 17.3. The van der Waals surface area contributed by atoms with Crippen LogP contribution in [0.3, 0.4) is 0 Å². The normalized spacial score (nSPS) is 18.6. The number of halogens is 2. The van der Waals surface area contributed by atoms with Gasteiger partial charge in [-0.05, 0) is 37.7 Å². The van der Waals surface area contributed by atoms with Gasteiger partial charge in [0.1, 0.15) is 11.6 Å². The standard InChI is InChI=1S/C16H19ClFNO4S/c17-13-7-12(16(20)19-24(21,22)11-5-6-11)14(18)8-15(13)23-9-10-3-1-2-4-10/h7-8,10-11H,1-6,9H2,(H,19,20). The quantitative estimate of drug-likeness (QED) is 0.828. The molecule has 0 spiro atoms. The van der Waals surface area contributed by atoms with Crippen LogP contribution in [0.15, 0.2) is 12.1 Å². The summed E-state index contributed by atoms with van der Waals surface area (Å²) >= 11 is 6.06. The number of benzene rings is 1. The number of ether oxygens (including phenoxy) is 1. The van der Waals surface area contributed by atoms with Crippen LogP contribution in [0.5, 0.6) is 5.75 Å². The van der Waals surface area contributed by atoms with Gasteiger partial charge in [0.2, 0.25) is 10.0 Å². The Morgan fingerprint density at radius 2 is 1.92 bits per heavy atom. The van der Waals surface area contributed by atoms with Crippen LogP contribution in [-0.4, -0.2) is 26.2 Å². The number of rotatable bonds is 6. The lowest BCUT2D eigenvalue weighted by Crippen LogP contribution is -2.33. The number of hydrogen-bond acceptors (Lipinski definition) is 4. The van der Waals surface area contributed by atoms with E-state index in [9.17, 15) is 17.6 Å². The Labute approximate surface area is 145 Å². The maximum atomic E-state index is 14.2. The highest BCUT2D eigenvalue weighted by atomic mass is 35.5. The fraction of sp³-hybridized carbons (Fsp3) is 0.562. The van der Waals surface area contributed by atoms with E-state index in [1.165, 1.54) is 12.8 Å². The Morgan fingerprint density at radius 3 is 2.54 bits per heavy atom. The summed E-state index contributed by atoms with van der Waals surface area (Å²) in [6.07, 6.45) is 5.54. The van der Waals surface area contributed by atoms with Gasteiger partial charge in [0.05, 0.1) is 22.4 Å². The Balaban J connectivity index is 1.70. The number of carbonyl (C=O) groups is 1. The summed E-state index contributed by atoms with van der Waals surface area (Å²) < 4.78 is 45.2. The topological polar surface area (TPSA) is 72.5 Å². The van der Waals surface area contributed by atoms with E-state index in [-0.39, 0.29) is 10.8 Å². The molecule has 2 fully saturated rings. The molecule has 8 heteroatoms. The third-order valence-corrected chi connectivity index (χ3v) is 6.53.